The van der Waals surface area contributed by atoms with Crippen molar-refractivity contribution in [3.05, 3.63) is 70.6 Å². The minimum atomic E-state index is -0.126. The van der Waals surface area contributed by atoms with Crippen molar-refractivity contribution in [2.45, 2.75) is 27.7 Å². The first-order valence-corrected chi connectivity index (χ1v) is 10.9. The van der Waals surface area contributed by atoms with Gasteiger partial charge in [-0.25, -0.2) is 0 Å². The quantitative estimate of drug-likeness (QED) is 0.267. The molecule has 0 unspecified atom stereocenters. The standard InChI is InChI=1S/C24H26N10O2/c1-15(29-25-13-19-5-9-21(10-6-19)27-17(3)35)23-31-33-24(34-32-23)16(2)30-26-14-20-7-11-22(12-8-20)28-18(4)36/h5-14,29-30H,1-4H3,(H,27,35)(H,28,36)/b23-15?,24-16?,25-13+,26-14+. The van der Waals surface area contributed by atoms with Gasteiger partial charge in [-0.05, 0) is 49.2 Å². The number of carbonyl (C=O) groups excluding carboxylic acids is 2. The second-order valence-electron chi connectivity index (χ2n) is 7.64. The fraction of sp³-hybridized carbons (Fsp3) is 0.167. The second-order valence-corrected chi connectivity index (χ2v) is 7.64. The Morgan fingerprint density at radius 1 is 0.611 bits per heavy atom. The molecule has 12 heteroatoms. The SMILES string of the molecule is CC(=O)Nc1ccc(/C=N/NC(C)=c2nnc(=C(C)N/N=C/c3ccc(NC(C)=O)cc3)nn2)cc1. The lowest BCUT2D eigenvalue weighted by molar-refractivity contribution is -0.115. The van der Waals surface area contributed by atoms with E-state index in [1.54, 1.807) is 50.5 Å². The van der Waals surface area contributed by atoms with Crippen LogP contribution in [0.5, 0.6) is 0 Å². The largest absolute Gasteiger partial charge is 0.326 e. The number of hydrogen-bond acceptors (Lipinski definition) is 10. The molecule has 1 aromatic heterocycles. The Balaban J connectivity index is 1.59. The number of rotatable bonds is 8. The van der Waals surface area contributed by atoms with E-state index in [0.29, 0.717) is 33.7 Å². The van der Waals surface area contributed by atoms with E-state index in [1.165, 1.54) is 13.8 Å². The van der Waals surface area contributed by atoms with E-state index in [4.69, 9.17) is 0 Å². The van der Waals surface area contributed by atoms with E-state index in [2.05, 4.69) is 52.1 Å². The highest BCUT2D eigenvalue weighted by Crippen LogP contribution is 2.08. The molecule has 0 fully saturated rings. The van der Waals surface area contributed by atoms with E-state index in [0.717, 1.165) is 11.1 Å². The van der Waals surface area contributed by atoms with E-state index >= 15 is 0 Å². The highest BCUT2D eigenvalue weighted by atomic mass is 16.2. The molecular formula is C24H26N10O2. The first kappa shape index (κ1) is 25.6. The van der Waals surface area contributed by atoms with Gasteiger partial charge in [0, 0.05) is 25.2 Å². The van der Waals surface area contributed by atoms with Crippen molar-refractivity contribution in [2.75, 3.05) is 10.6 Å². The minimum absolute atomic E-state index is 0.126. The molecule has 0 spiro atoms. The number of carbonyl (C=O) groups is 2. The van der Waals surface area contributed by atoms with Gasteiger partial charge in [-0.2, -0.15) is 10.2 Å². The van der Waals surface area contributed by atoms with E-state index in [-0.39, 0.29) is 11.8 Å². The smallest absolute Gasteiger partial charge is 0.221 e. The van der Waals surface area contributed by atoms with Crippen molar-refractivity contribution in [1.29, 1.82) is 0 Å². The normalized spacial score (nSPS) is 10.8. The average molecular weight is 487 g/mol. The molecule has 12 nitrogen and oxygen atoms in total. The van der Waals surface area contributed by atoms with Crippen LogP contribution in [0.15, 0.2) is 58.7 Å². The molecule has 0 saturated carbocycles. The van der Waals surface area contributed by atoms with Crippen molar-refractivity contribution in [3.8, 4) is 0 Å². The number of nitrogens with one attached hydrogen (secondary N) is 4. The number of nitrogens with zero attached hydrogens (tertiary/aromatic N) is 6. The number of amides is 2. The van der Waals surface area contributed by atoms with Gasteiger partial charge in [-0.1, -0.05) is 24.3 Å². The Morgan fingerprint density at radius 3 is 1.25 bits per heavy atom. The molecule has 0 saturated heterocycles. The third-order valence-electron chi connectivity index (χ3n) is 4.50. The Labute approximate surface area is 207 Å². The molecule has 2 aromatic carbocycles. The fourth-order valence-corrected chi connectivity index (χ4v) is 2.75. The van der Waals surface area contributed by atoms with Crippen LogP contribution in [0.4, 0.5) is 11.4 Å². The van der Waals surface area contributed by atoms with Gasteiger partial charge in [-0.15, -0.1) is 20.4 Å². The van der Waals surface area contributed by atoms with Gasteiger partial charge in [-0.3, -0.25) is 20.4 Å². The van der Waals surface area contributed by atoms with Crippen LogP contribution in [-0.4, -0.2) is 44.6 Å². The van der Waals surface area contributed by atoms with Crippen LogP contribution in [0, 0.1) is 0 Å². The van der Waals surface area contributed by atoms with Crippen molar-refractivity contribution in [2.24, 2.45) is 10.2 Å². The molecule has 2 amide bonds. The predicted molar refractivity (Wildman–Crippen MR) is 138 cm³/mol. The van der Waals surface area contributed by atoms with Gasteiger partial charge in [0.25, 0.3) is 0 Å². The van der Waals surface area contributed by atoms with Gasteiger partial charge in [0.05, 0.1) is 23.8 Å². The summed E-state index contributed by atoms with van der Waals surface area (Å²) in [7, 11) is 0. The fourth-order valence-electron chi connectivity index (χ4n) is 2.75. The van der Waals surface area contributed by atoms with Crippen molar-refractivity contribution >= 4 is 47.0 Å². The summed E-state index contributed by atoms with van der Waals surface area (Å²) in [6.45, 7) is 6.43. The number of benzene rings is 2. The Hall–Kier alpha value is -5.00. The van der Waals surface area contributed by atoms with E-state index < -0.39 is 0 Å². The molecule has 3 aromatic rings. The maximum Gasteiger partial charge on any atom is 0.221 e. The predicted octanol–water partition coefficient (Wildman–Crippen LogP) is 0.687. The number of hydrazone groups is 2. The van der Waals surface area contributed by atoms with Crippen molar-refractivity contribution < 1.29 is 9.59 Å². The first-order chi connectivity index (χ1) is 17.3. The molecule has 4 N–H and O–H groups in total. The second kappa shape index (κ2) is 12.5. The third kappa shape index (κ3) is 8.09. The van der Waals surface area contributed by atoms with Gasteiger partial charge < -0.3 is 10.6 Å². The summed E-state index contributed by atoms with van der Waals surface area (Å²) < 4.78 is 0. The van der Waals surface area contributed by atoms with Gasteiger partial charge in [0.1, 0.15) is 0 Å². The summed E-state index contributed by atoms with van der Waals surface area (Å²) in [4.78, 5) is 22.2. The summed E-state index contributed by atoms with van der Waals surface area (Å²) in [6, 6.07) is 14.5. The molecule has 36 heavy (non-hydrogen) atoms. The monoisotopic (exact) mass is 486 g/mol. The molecule has 0 aliphatic rings. The Bertz CT molecular complexity index is 1270. The zero-order valence-corrected chi connectivity index (χ0v) is 20.3. The van der Waals surface area contributed by atoms with Crippen LogP contribution in [0.1, 0.15) is 38.8 Å². The lowest BCUT2D eigenvalue weighted by Gasteiger charge is -2.02. The summed E-state index contributed by atoms with van der Waals surface area (Å²) in [5.74, 6) is -0.251. The molecule has 0 bridgehead atoms. The highest BCUT2D eigenvalue weighted by Gasteiger charge is 1.99. The van der Waals surface area contributed by atoms with Gasteiger partial charge >= 0.3 is 0 Å². The van der Waals surface area contributed by atoms with Crippen LogP contribution >= 0.6 is 0 Å². The third-order valence-corrected chi connectivity index (χ3v) is 4.50. The first-order valence-electron chi connectivity index (χ1n) is 10.9. The lowest BCUT2D eigenvalue weighted by Crippen LogP contribution is -2.32. The van der Waals surface area contributed by atoms with Gasteiger partial charge in [0.15, 0.2) is 0 Å². The molecule has 184 valence electrons. The molecule has 0 radical (unpaired) electrons. The van der Waals surface area contributed by atoms with Crippen LogP contribution in [0.25, 0.3) is 11.4 Å². The summed E-state index contributed by atoms with van der Waals surface area (Å²) in [5.41, 5.74) is 10.6. The Morgan fingerprint density at radius 2 is 0.944 bits per heavy atom. The van der Waals surface area contributed by atoms with E-state index in [9.17, 15) is 9.59 Å². The number of anilines is 2. The van der Waals surface area contributed by atoms with E-state index in [1.807, 2.05) is 24.3 Å². The molecule has 0 aliphatic heterocycles. The van der Waals surface area contributed by atoms with Crippen LogP contribution in [0.3, 0.4) is 0 Å². The van der Waals surface area contributed by atoms with Crippen molar-refractivity contribution in [1.82, 2.24) is 31.2 Å². The molecule has 0 atom stereocenters. The maximum absolute atomic E-state index is 11.1. The molecular weight excluding hydrogens is 460 g/mol. The summed E-state index contributed by atoms with van der Waals surface area (Å²) >= 11 is 0. The van der Waals surface area contributed by atoms with Crippen molar-refractivity contribution in [3.63, 3.8) is 0 Å². The minimum Gasteiger partial charge on any atom is -0.326 e. The number of aromatic nitrogens is 4. The average Bonchev–Trinajstić information content (AvgIpc) is 2.85. The van der Waals surface area contributed by atoms with Crippen LogP contribution < -0.4 is 32.4 Å². The Kier molecular flexibility index (Phi) is 8.87. The van der Waals surface area contributed by atoms with Gasteiger partial charge in [0.2, 0.25) is 22.8 Å². The maximum atomic E-state index is 11.1. The molecule has 0 aliphatic carbocycles. The zero-order chi connectivity index (χ0) is 25.9. The number of hydrogen-bond donors (Lipinski definition) is 4. The topological polar surface area (TPSA) is 159 Å². The van der Waals surface area contributed by atoms with Crippen LogP contribution in [0.2, 0.25) is 0 Å². The molecule has 1 heterocycles. The zero-order valence-electron chi connectivity index (χ0n) is 20.3. The highest BCUT2D eigenvalue weighted by molar-refractivity contribution is 5.90. The summed E-state index contributed by atoms with van der Waals surface area (Å²) in [5, 5.41) is 30.1. The van der Waals surface area contributed by atoms with Crippen LogP contribution in [-0.2, 0) is 9.59 Å². The lowest BCUT2D eigenvalue weighted by atomic mass is 10.2. The summed E-state index contributed by atoms with van der Waals surface area (Å²) in [6.07, 6.45) is 3.26. The molecule has 3 rings (SSSR count).